The molecule has 1 aromatic rings. The summed E-state index contributed by atoms with van der Waals surface area (Å²) >= 11 is 0. The molecule has 0 saturated carbocycles. The minimum atomic E-state index is 0.886. The van der Waals surface area contributed by atoms with E-state index in [0.29, 0.717) is 0 Å². The summed E-state index contributed by atoms with van der Waals surface area (Å²) in [6, 6.07) is 2.23. The topological polar surface area (TPSA) is 31.4 Å². The van der Waals surface area contributed by atoms with Crippen LogP contribution in [0.4, 0.5) is 5.82 Å². The number of nitrogens with one attached hydrogen (secondary N) is 1. The molecule has 0 spiro atoms. The van der Waals surface area contributed by atoms with E-state index in [9.17, 15) is 0 Å². The number of hydrogen-bond donors (Lipinski definition) is 1. The summed E-state index contributed by atoms with van der Waals surface area (Å²) in [6.45, 7) is 7.45. The zero-order chi connectivity index (χ0) is 12.3. The van der Waals surface area contributed by atoms with Crippen molar-refractivity contribution in [3.63, 3.8) is 0 Å². The quantitative estimate of drug-likeness (QED) is 0.840. The summed E-state index contributed by atoms with van der Waals surface area (Å²) in [5.74, 6) is 1.15. The van der Waals surface area contributed by atoms with Gasteiger partial charge >= 0.3 is 0 Å². The fourth-order valence-electron chi connectivity index (χ4n) is 2.28. The van der Waals surface area contributed by atoms with Crippen molar-refractivity contribution in [1.29, 1.82) is 0 Å². The van der Waals surface area contributed by atoms with Gasteiger partial charge in [0, 0.05) is 38.9 Å². The molecule has 1 aliphatic heterocycles. The zero-order valence-corrected chi connectivity index (χ0v) is 11.0. The van der Waals surface area contributed by atoms with Crippen LogP contribution in [0.25, 0.3) is 0 Å². The molecule has 1 aliphatic rings. The maximum Gasteiger partial charge on any atom is 0.131 e. The molecule has 0 amide bonds. The third-order valence-corrected chi connectivity index (χ3v) is 3.29. The van der Waals surface area contributed by atoms with Crippen molar-refractivity contribution >= 4 is 5.82 Å². The molecule has 0 bridgehead atoms. The zero-order valence-electron chi connectivity index (χ0n) is 11.0. The van der Waals surface area contributed by atoms with Gasteiger partial charge < -0.3 is 15.1 Å². The minimum Gasteiger partial charge on any atom is -0.354 e. The fraction of sp³-hybridized carbons (Fsp3) is 0.615. The van der Waals surface area contributed by atoms with Gasteiger partial charge in [-0.05, 0) is 38.2 Å². The van der Waals surface area contributed by atoms with E-state index in [1.165, 1.54) is 11.1 Å². The van der Waals surface area contributed by atoms with Gasteiger partial charge in [-0.25, -0.2) is 4.98 Å². The molecule has 4 heteroatoms. The molecular weight excluding hydrogens is 212 g/mol. The third-order valence-electron chi connectivity index (χ3n) is 3.29. The van der Waals surface area contributed by atoms with Gasteiger partial charge in [0.25, 0.3) is 0 Å². The van der Waals surface area contributed by atoms with Gasteiger partial charge in [-0.3, -0.25) is 0 Å². The maximum atomic E-state index is 4.61. The first-order valence-electron chi connectivity index (χ1n) is 6.24. The number of piperazine rings is 1. The summed E-state index contributed by atoms with van der Waals surface area (Å²) in [5, 5.41) is 3.16. The van der Waals surface area contributed by atoms with Crippen LogP contribution in [-0.4, -0.2) is 50.2 Å². The second-order valence-corrected chi connectivity index (χ2v) is 4.80. The Kier molecular flexibility index (Phi) is 3.97. The highest BCUT2D eigenvalue weighted by Crippen LogP contribution is 2.19. The SMILES string of the molecule is CNCc1cnc(N2CCN(C)CC2)c(C)c1. The van der Waals surface area contributed by atoms with Gasteiger partial charge in [0.2, 0.25) is 0 Å². The molecule has 1 saturated heterocycles. The van der Waals surface area contributed by atoms with Crippen LogP contribution in [0, 0.1) is 6.92 Å². The molecule has 2 heterocycles. The van der Waals surface area contributed by atoms with Crippen molar-refractivity contribution in [2.24, 2.45) is 0 Å². The van der Waals surface area contributed by atoms with Crippen LogP contribution in [0.1, 0.15) is 11.1 Å². The summed E-state index contributed by atoms with van der Waals surface area (Å²) in [7, 11) is 4.14. The van der Waals surface area contributed by atoms with Gasteiger partial charge in [-0.1, -0.05) is 0 Å². The lowest BCUT2D eigenvalue weighted by molar-refractivity contribution is 0.312. The minimum absolute atomic E-state index is 0.886. The lowest BCUT2D eigenvalue weighted by Crippen LogP contribution is -2.45. The molecule has 17 heavy (non-hydrogen) atoms. The highest BCUT2D eigenvalue weighted by atomic mass is 15.3. The average Bonchev–Trinajstić information content (AvgIpc) is 2.31. The van der Waals surface area contributed by atoms with Crippen LogP contribution in [0.3, 0.4) is 0 Å². The Balaban J connectivity index is 2.10. The summed E-state index contributed by atoms with van der Waals surface area (Å²) in [4.78, 5) is 9.36. The normalized spacial score (nSPS) is 17.5. The van der Waals surface area contributed by atoms with Crippen molar-refractivity contribution in [3.8, 4) is 0 Å². The second-order valence-electron chi connectivity index (χ2n) is 4.80. The standard InChI is InChI=1S/C13H22N4/c1-11-8-12(9-14-2)10-15-13(11)17-6-4-16(3)5-7-17/h8,10,14H,4-7,9H2,1-3H3. The molecule has 1 N–H and O–H groups in total. The van der Waals surface area contributed by atoms with Gasteiger partial charge in [0.05, 0.1) is 0 Å². The highest BCUT2D eigenvalue weighted by Gasteiger charge is 2.16. The number of aromatic nitrogens is 1. The van der Waals surface area contributed by atoms with Crippen LogP contribution in [-0.2, 0) is 6.54 Å². The number of nitrogens with zero attached hydrogens (tertiary/aromatic N) is 3. The van der Waals surface area contributed by atoms with Crippen molar-refractivity contribution in [1.82, 2.24) is 15.2 Å². The van der Waals surface area contributed by atoms with Crippen molar-refractivity contribution in [3.05, 3.63) is 23.4 Å². The highest BCUT2D eigenvalue weighted by molar-refractivity contribution is 5.47. The van der Waals surface area contributed by atoms with Gasteiger partial charge in [0.1, 0.15) is 5.82 Å². The van der Waals surface area contributed by atoms with Crippen LogP contribution in [0.5, 0.6) is 0 Å². The Morgan fingerprint density at radius 3 is 2.59 bits per heavy atom. The maximum absolute atomic E-state index is 4.61. The number of anilines is 1. The monoisotopic (exact) mass is 234 g/mol. The number of rotatable bonds is 3. The van der Waals surface area contributed by atoms with Crippen LogP contribution in [0.15, 0.2) is 12.3 Å². The molecule has 0 unspecified atom stereocenters. The van der Waals surface area contributed by atoms with E-state index in [4.69, 9.17) is 0 Å². The molecule has 0 radical (unpaired) electrons. The number of pyridine rings is 1. The van der Waals surface area contributed by atoms with E-state index in [1.54, 1.807) is 0 Å². The Morgan fingerprint density at radius 1 is 1.29 bits per heavy atom. The molecule has 0 atom stereocenters. The largest absolute Gasteiger partial charge is 0.354 e. The second kappa shape index (κ2) is 5.47. The first-order chi connectivity index (χ1) is 8.20. The molecule has 0 aliphatic carbocycles. The molecule has 1 fully saturated rings. The molecular formula is C13H22N4. The van der Waals surface area contributed by atoms with E-state index in [2.05, 4.69) is 40.1 Å². The van der Waals surface area contributed by atoms with E-state index < -0.39 is 0 Å². The molecule has 94 valence electrons. The van der Waals surface area contributed by atoms with Gasteiger partial charge in [-0.2, -0.15) is 0 Å². The predicted molar refractivity (Wildman–Crippen MR) is 71.4 cm³/mol. The Morgan fingerprint density at radius 2 is 2.00 bits per heavy atom. The smallest absolute Gasteiger partial charge is 0.131 e. The van der Waals surface area contributed by atoms with Crippen molar-refractivity contribution in [2.45, 2.75) is 13.5 Å². The van der Waals surface area contributed by atoms with E-state index in [1.807, 2.05) is 13.2 Å². The van der Waals surface area contributed by atoms with E-state index in [0.717, 1.165) is 38.5 Å². The van der Waals surface area contributed by atoms with Gasteiger partial charge in [-0.15, -0.1) is 0 Å². The lowest BCUT2D eigenvalue weighted by atomic mass is 10.2. The van der Waals surface area contributed by atoms with Crippen molar-refractivity contribution in [2.75, 3.05) is 45.2 Å². The average molecular weight is 234 g/mol. The molecule has 4 nitrogen and oxygen atoms in total. The fourth-order valence-corrected chi connectivity index (χ4v) is 2.28. The first-order valence-corrected chi connectivity index (χ1v) is 6.24. The number of aryl methyl sites for hydroxylation is 1. The van der Waals surface area contributed by atoms with E-state index in [-0.39, 0.29) is 0 Å². The summed E-state index contributed by atoms with van der Waals surface area (Å²) < 4.78 is 0. The van der Waals surface area contributed by atoms with Crippen LogP contribution < -0.4 is 10.2 Å². The Labute approximate surface area is 104 Å². The third kappa shape index (κ3) is 2.96. The molecule has 0 aromatic carbocycles. The Hall–Kier alpha value is -1.13. The number of likely N-dealkylation sites (N-methyl/N-ethyl adjacent to an activating group) is 1. The van der Waals surface area contributed by atoms with Crippen LogP contribution >= 0.6 is 0 Å². The Bertz CT molecular complexity index is 370. The lowest BCUT2D eigenvalue weighted by Gasteiger charge is -2.34. The van der Waals surface area contributed by atoms with Crippen LogP contribution in [0.2, 0.25) is 0 Å². The van der Waals surface area contributed by atoms with Crippen molar-refractivity contribution < 1.29 is 0 Å². The van der Waals surface area contributed by atoms with Gasteiger partial charge in [0.15, 0.2) is 0 Å². The predicted octanol–water partition coefficient (Wildman–Crippen LogP) is 0.861. The number of hydrogen-bond acceptors (Lipinski definition) is 4. The first kappa shape index (κ1) is 12.3. The molecule has 1 aromatic heterocycles. The summed E-state index contributed by atoms with van der Waals surface area (Å²) in [5.41, 5.74) is 2.53. The summed E-state index contributed by atoms with van der Waals surface area (Å²) in [6.07, 6.45) is 1.98. The van der Waals surface area contributed by atoms with E-state index >= 15 is 0 Å². The molecule has 2 rings (SSSR count).